The molecule has 1 saturated heterocycles. The summed E-state index contributed by atoms with van der Waals surface area (Å²) in [4.78, 5) is 10.8. The molecule has 1 aliphatic carbocycles. The molecule has 2 rings (SSSR count). The average molecular weight is 351 g/mol. The lowest BCUT2D eigenvalue weighted by Crippen LogP contribution is -2.21. The first kappa shape index (κ1) is 20.5. The first-order valence-electron chi connectivity index (χ1n) is 10.8. The molecule has 1 N–H and O–H groups in total. The van der Waals surface area contributed by atoms with E-state index in [1.54, 1.807) is 0 Å². The molecule has 2 aliphatic rings. The third kappa shape index (κ3) is 7.94. The van der Waals surface area contributed by atoms with Gasteiger partial charge in [-0.15, -0.1) is 0 Å². The van der Waals surface area contributed by atoms with Gasteiger partial charge < -0.3 is 9.84 Å². The molecule has 0 amide bonds. The van der Waals surface area contributed by atoms with Crippen LogP contribution in [0.15, 0.2) is 11.6 Å². The number of carboxylic acids is 1. The van der Waals surface area contributed by atoms with Gasteiger partial charge in [-0.2, -0.15) is 0 Å². The van der Waals surface area contributed by atoms with E-state index in [2.05, 4.69) is 13.0 Å². The van der Waals surface area contributed by atoms with Crippen LogP contribution in [-0.4, -0.2) is 23.3 Å². The Balaban J connectivity index is 1.42. The van der Waals surface area contributed by atoms with Gasteiger partial charge in [0.1, 0.15) is 6.10 Å². The number of hydrogen-bond donors (Lipinski definition) is 1. The highest BCUT2D eigenvalue weighted by molar-refractivity contribution is 5.67. The molecule has 144 valence electrons. The first-order valence-corrected chi connectivity index (χ1v) is 10.8. The van der Waals surface area contributed by atoms with E-state index in [1.807, 2.05) is 0 Å². The molecule has 0 aromatic heterocycles. The van der Waals surface area contributed by atoms with Crippen molar-refractivity contribution in [3.63, 3.8) is 0 Å². The van der Waals surface area contributed by atoms with Crippen molar-refractivity contribution in [3.05, 3.63) is 11.6 Å². The van der Waals surface area contributed by atoms with Crippen molar-refractivity contribution in [1.29, 1.82) is 0 Å². The smallest absolute Gasteiger partial charge is 0.303 e. The van der Waals surface area contributed by atoms with Crippen LogP contribution in [0.4, 0.5) is 0 Å². The maximum Gasteiger partial charge on any atom is 0.303 e. The number of aliphatic carboxylic acids is 1. The topological polar surface area (TPSA) is 49.8 Å². The van der Waals surface area contributed by atoms with E-state index >= 15 is 0 Å². The number of allylic oxidation sites excluding steroid dienone is 1. The third-order valence-electron chi connectivity index (χ3n) is 5.81. The number of carbonyl (C=O) groups is 1. The Hall–Kier alpha value is -0.830. The summed E-state index contributed by atoms with van der Waals surface area (Å²) in [5, 5.41) is 8.92. The van der Waals surface area contributed by atoms with Gasteiger partial charge in [0.05, 0.1) is 12.5 Å². The predicted molar refractivity (Wildman–Crippen MR) is 103 cm³/mol. The van der Waals surface area contributed by atoms with E-state index in [-0.39, 0.29) is 24.5 Å². The van der Waals surface area contributed by atoms with Crippen molar-refractivity contribution in [3.8, 4) is 0 Å². The van der Waals surface area contributed by atoms with Gasteiger partial charge in [0.25, 0.3) is 0 Å². The molecule has 2 fully saturated rings. The molecule has 0 bridgehead atoms. The van der Waals surface area contributed by atoms with Crippen LogP contribution in [0.1, 0.15) is 103 Å². The van der Waals surface area contributed by atoms with Crippen LogP contribution in [0, 0.1) is 5.92 Å². The van der Waals surface area contributed by atoms with E-state index in [4.69, 9.17) is 9.84 Å². The van der Waals surface area contributed by atoms with Crippen LogP contribution in [0.3, 0.4) is 0 Å². The number of hydrogen-bond acceptors (Lipinski definition) is 2. The fourth-order valence-corrected chi connectivity index (χ4v) is 4.20. The minimum atomic E-state index is -0.687. The van der Waals surface area contributed by atoms with E-state index in [0.29, 0.717) is 0 Å². The average Bonchev–Trinajstić information content (AvgIpc) is 3.38. The van der Waals surface area contributed by atoms with Crippen molar-refractivity contribution >= 4 is 5.97 Å². The van der Waals surface area contributed by atoms with Crippen LogP contribution in [0.25, 0.3) is 0 Å². The summed E-state index contributed by atoms with van der Waals surface area (Å²) in [6, 6.07) is 0. The molecule has 0 radical (unpaired) electrons. The lowest BCUT2D eigenvalue weighted by molar-refractivity contribution is -0.138. The molecule has 3 heteroatoms. The third-order valence-corrected chi connectivity index (χ3v) is 5.81. The number of ether oxygens (including phenoxy) is 1. The Morgan fingerprint density at radius 1 is 1.04 bits per heavy atom. The Morgan fingerprint density at radius 2 is 1.64 bits per heavy atom. The van der Waals surface area contributed by atoms with Gasteiger partial charge in [-0.3, -0.25) is 4.79 Å². The maximum atomic E-state index is 10.8. The summed E-state index contributed by atoms with van der Waals surface area (Å²) in [5.74, 6) is -0.450. The molecular formula is C22H38O3. The van der Waals surface area contributed by atoms with Crippen LogP contribution in [0.5, 0.6) is 0 Å². The number of fused-ring (bicyclic) bond motifs is 1. The van der Waals surface area contributed by atoms with Crippen molar-refractivity contribution < 1.29 is 14.6 Å². The van der Waals surface area contributed by atoms with Crippen LogP contribution in [-0.2, 0) is 9.53 Å². The zero-order valence-corrected chi connectivity index (χ0v) is 16.2. The van der Waals surface area contributed by atoms with Crippen molar-refractivity contribution in [2.45, 2.75) is 115 Å². The Bertz CT molecular complexity index is 415. The summed E-state index contributed by atoms with van der Waals surface area (Å²) in [6.07, 6.45) is 21.6. The minimum absolute atomic E-state index is 0.202. The Kier molecular flexibility index (Phi) is 9.60. The number of epoxide rings is 1. The van der Waals surface area contributed by atoms with Gasteiger partial charge in [-0.05, 0) is 37.2 Å². The van der Waals surface area contributed by atoms with Crippen molar-refractivity contribution in [1.82, 2.24) is 0 Å². The molecular weight excluding hydrogens is 312 g/mol. The fourth-order valence-electron chi connectivity index (χ4n) is 4.20. The fraction of sp³-hybridized carbons (Fsp3) is 0.864. The number of rotatable bonds is 14. The van der Waals surface area contributed by atoms with Gasteiger partial charge in [0.2, 0.25) is 0 Å². The van der Waals surface area contributed by atoms with Crippen LogP contribution >= 0.6 is 0 Å². The zero-order chi connectivity index (χ0) is 17.9. The summed E-state index contributed by atoms with van der Waals surface area (Å²) in [7, 11) is 0. The van der Waals surface area contributed by atoms with Gasteiger partial charge in [0, 0.05) is 0 Å². The highest BCUT2D eigenvalue weighted by atomic mass is 16.6. The van der Waals surface area contributed by atoms with Crippen LogP contribution < -0.4 is 0 Å². The summed E-state index contributed by atoms with van der Waals surface area (Å²) in [5.41, 5.74) is 1.44. The molecule has 25 heavy (non-hydrogen) atoms. The Labute approximate surface area is 154 Å². The normalized spacial score (nSPS) is 26.6. The first-order chi connectivity index (χ1) is 12.2. The lowest BCUT2D eigenvalue weighted by atomic mass is 9.83. The molecule has 0 aromatic carbocycles. The van der Waals surface area contributed by atoms with Gasteiger partial charge in [0.15, 0.2) is 0 Å². The summed E-state index contributed by atoms with van der Waals surface area (Å²) in [6.45, 7) is 2.27. The highest BCUT2D eigenvalue weighted by Gasteiger charge is 2.50. The Morgan fingerprint density at radius 3 is 2.24 bits per heavy atom. The van der Waals surface area contributed by atoms with Gasteiger partial charge in [-0.25, -0.2) is 0 Å². The van der Waals surface area contributed by atoms with E-state index in [9.17, 15) is 4.79 Å². The lowest BCUT2D eigenvalue weighted by Gasteiger charge is -2.18. The molecule has 0 unspecified atom stereocenters. The minimum Gasteiger partial charge on any atom is -0.481 e. The highest BCUT2D eigenvalue weighted by Crippen LogP contribution is 2.45. The molecule has 1 saturated carbocycles. The molecule has 0 aromatic rings. The molecule has 3 atom stereocenters. The number of unbranched alkanes of at least 4 members (excludes halogenated alkanes) is 11. The largest absolute Gasteiger partial charge is 0.481 e. The second kappa shape index (κ2) is 11.7. The maximum absolute atomic E-state index is 10.8. The predicted octanol–water partition coefficient (Wildman–Crippen LogP) is 6.27. The molecule has 1 heterocycles. The van der Waals surface area contributed by atoms with Crippen molar-refractivity contribution in [2.75, 3.05) is 0 Å². The van der Waals surface area contributed by atoms with E-state index in [1.165, 1.54) is 82.6 Å². The van der Waals surface area contributed by atoms with Crippen LogP contribution in [0.2, 0.25) is 0 Å². The zero-order valence-electron chi connectivity index (χ0n) is 16.2. The van der Waals surface area contributed by atoms with E-state index < -0.39 is 5.97 Å². The standard InChI is InChI=1S/C22H38O3/c1-2-3-4-5-6-7-8-9-10-11-12-13-14-18-15-16-19(17-20(23)24)22-21(18)25-22/h14,19,21-22H,2-13,15-17H2,1H3,(H,23,24)/b18-14+/t19-,21-,22+/m1/s1. The number of carboxylic acid groups (broad SMARTS) is 1. The quantitative estimate of drug-likeness (QED) is 0.228. The molecule has 1 aliphatic heterocycles. The molecule has 0 spiro atoms. The second-order valence-corrected chi connectivity index (χ2v) is 8.02. The summed E-state index contributed by atoms with van der Waals surface area (Å²) < 4.78 is 5.73. The van der Waals surface area contributed by atoms with Gasteiger partial charge >= 0.3 is 5.97 Å². The SMILES string of the molecule is CCCCCCCCCCCCC/C=C1\CC[C@H](CC(=O)O)[C@@H]2O[C@H]12. The second-order valence-electron chi connectivity index (χ2n) is 8.02. The monoisotopic (exact) mass is 350 g/mol. The van der Waals surface area contributed by atoms with Gasteiger partial charge in [-0.1, -0.05) is 77.2 Å². The van der Waals surface area contributed by atoms with E-state index in [0.717, 1.165) is 12.8 Å². The summed E-state index contributed by atoms with van der Waals surface area (Å²) >= 11 is 0. The van der Waals surface area contributed by atoms with Crippen molar-refractivity contribution in [2.24, 2.45) is 5.92 Å². The molecule has 3 nitrogen and oxygen atoms in total.